The van der Waals surface area contributed by atoms with Crippen LogP contribution in [-0.2, 0) is 9.53 Å². The minimum atomic E-state index is -0.178. The van der Waals surface area contributed by atoms with Crippen molar-refractivity contribution in [3.63, 3.8) is 0 Å². The second-order valence-electron chi connectivity index (χ2n) is 6.33. The van der Waals surface area contributed by atoms with Gasteiger partial charge in [0.2, 0.25) is 5.91 Å². The lowest BCUT2D eigenvalue weighted by Gasteiger charge is -2.37. The lowest BCUT2D eigenvalue weighted by atomic mass is 9.82. The number of amides is 1. The lowest BCUT2D eigenvalue weighted by molar-refractivity contribution is -0.133. The van der Waals surface area contributed by atoms with Gasteiger partial charge in [0, 0.05) is 19.2 Å². The summed E-state index contributed by atoms with van der Waals surface area (Å²) in [4.78, 5) is 12.5. The van der Waals surface area contributed by atoms with Gasteiger partial charge in [-0.25, -0.2) is 0 Å². The van der Waals surface area contributed by atoms with E-state index in [9.17, 15) is 4.79 Å². The molecule has 0 aromatic rings. The Labute approximate surface area is 110 Å². The molecule has 2 heterocycles. The van der Waals surface area contributed by atoms with Crippen LogP contribution in [-0.4, -0.2) is 37.2 Å². The summed E-state index contributed by atoms with van der Waals surface area (Å²) >= 11 is 0. The average molecular weight is 254 g/mol. The van der Waals surface area contributed by atoms with E-state index in [1.807, 2.05) is 0 Å². The van der Waals surface area contributed by atoms with Crippen LogP contribution < -0.4 is 10.6 Å². The van der Waals surface area contributed by atoms with Crippen LogP contribution in [0.4, 0.5) is 0 Å². The Hall–Kier alpha value is -0.610. The van der Waals surface area contributed by atoms with E-state index in [4.69, 9.17) is 4.74 Å². The fourth-order valence-corrected chi connectivity index (χ4v) is 3.09. The lowest BCUT2D eigenvalue weighted by Crippen LogP contribution is -2.51. The van der Waals surface area contributed by atoms with Gasteiger partial charge in [-0.15, -0.1) is 0 Å². The van der Waals surface area contributed by atoms with Gasteiger partial charge in [-0.05, 0) is 46.1 Å². The Morgan fingerprint density at radius 1 is 1.50 bits per heavy atom. The first-order valence-electron chi connectivity index (χ1n) is 7.13. The van der Waals surface area contributed by atoms with Crippen LogP contribution in [0.2, 0.25) is 0 Å². The zero-order valence-electron chi connectivity index (χ0n) is 11.8. The smallest absolute Gasteiger partial charge is 0.227 e. The number of ether oxygens (including phenoxy) is 1. The quantitative estimate of drug-likeness (QED) is 0.801. The van der Waals surface area contributed by atoms with E-state index in [-0.39, 0.29) is 23.0 Å². The van der Waals surface area contributed by atoms with Gasteiger partial charge >= 0.3 is 0 Å². The third-order valence-corrected chi connectivity index (χ3v) is 4.43. The molecule has 2 rings (SSSR count). The van der Waals surface area contributed by atoms with Crippen molar-refractivity contribution < 1.29 is 9.53 Å². The highest BCUT2D eigenvalue weighted by molar-refractivity contribution is 5.83. The van der Waals surface area contributed by atoms with E-state index in [0.717, 1.165) is 45.4 Å². The Kier molecular flexibility index (Phi) is 3.97. The molecule has 0 bridgehead atoms. The third kappa shape index (κ3) is 2.86. The Morgan fingerprint density at radius 3 is 2.83 bits per heavy atom. The molecular weight excluding hydrogens is 228 g/mol. The van der Waals surface area contributed by atoms with Crippen LogP contribution in [0.5, 0.6) is 0 Å². The summed E-state index contributed by atoms with van der Waals surface area (Å²) in [5, 5.41) is 6.56. The number of carbonyl (C=O) groups excluding carboxylic acids is 1. The van der Waals surface area contributed by atoms with Crippen molar-refractivity contribution in [2.24, 2.45) is 5.41 Å². The largest absolute Gasteiger partial charge is 0.375 e. The molecule has 0 aromatic heterocycles. The molecule has 4 nitrogen and oxygen atoms in total. The van der Waals surface area contributed by atoms with E-state index in [0.29, 0.717) is 0 Å². The van der Waals surface area contributed by atoms with Crippen molar-refractivity contribution in [2.75, 3.05) is 19.7 Å². The van der Waals surface area contributed by atoms with Gasteiger partial charge < -0.3 is 15.4 Å². The number of hydrogen-bond acceptors (Lipinski definition) is 3. The normalized spacial score (nSPS) is 35.4. The summed E-state index contributed by atoms with van der Waals surface area (Å²) in [6.07, 6.45) is 3.72. The van der Waals surface area contributed by atoms with Gasteiger partial charge in [-0.2, -0.15) is 0 Å². The van der Waals surface area contributed by atoms with Crippen LogP contribution in [0.25, 0.3) is 0 Å². The van der Waals surface area contributed by atoms with Crippen molar-refractivity contribution in [2.45, 2.75) is 58.1 Å². The molecule has 2 N–H and O–H groups in total. The van der Waals surface area contributed by atoms with Gasteiger partial charge in [0.25, 0.3) is 0 Å². The number of rotatable bonds is 3. The molecule has 0 radical (unpaired) electrons. The molecule has 2 aliphatic heterocycles. The van der Waals surface area contributed by atoms with Crippen molar-refractivity contribution in [1.29, 1.82) is 0 Å². The van der Waals surface area contributed by atoms with E-state index >= 15 is 0 Å². The molecule has 0 spiro atoms. The van der Waals surface area contributed by atoms with Gasteiger partial charge in [-0.3, -0.25) is 4.79 Å². The maximum absolute atomic E-state index is 12.5. The van der Waals surface area contributed by atoms with Crippen molar-refractivity contribution in [3.8, 4) is 0 Å². The van der Waals surface area contributed by atoms with Crippen LogP contribution in [0.1, 0.15) is 46.5 Å². The predicted molar refractivity (Wildman–Crippen MR) is 71.4 cm³/mol. The second kappa shape index (κ2) is 5.17. The summed E-state index contributed by atoms with van der Waals surface area (Å²) in [5.74, 6) is 0.234. The molecule has 0 saturated carbocycles. The summed E-state index contributed by atoms with van der Waals surface area (Å²) < 4.78 is 5.69. The summed E-state index contributed by atoms with van der Waals surface area (Å²) in [6, 6.07) is 0.269. The molecule has 0 aliphatic carbocycles. The van der Waals surface area contributed by atoms with Gasteiger partial charge in [-0.1, -0.05) is 6.92 Å². The van der Waals surface area contributed by atoms with Crippen LogP contribution in [0.3, 0.4) is 0 Å². The molecule has 2 unspecified atom stereocenters. The van der Waals surface area contributed by atoms with Crippen molar-refractivity contribution in [1.82, 2.24) is 10.6 Å². The highest BCUT2D eigenvalue weighted by Crippen LogP contribution is 2.31. The molecule has 2 aliphatic rings. The van der Waals surface area contributed by atoms with E-state index in [1.54, 1.807) is 0 Å². The third-order valence-electron chi connectivity index (χ3n) is 4.43. The molecule has 18 heavy (non-hydrogen) atoms. The Balaban J connectivity index is 1.94. The highest BCUT2D eigenvalue weighted by atomic mass is 16.5. The topological polar surface area (TPSA) is 50.4 Å². The zero-order chi connectivity index (χ0) is 13.2. The van der Waals surface area contributed by atoms with Gasteiger partial charge in [0.05, 0.1) is 11.0 Å². The van der Waals surface area contributed by atoms with Crippen LogP contribution >= 0.6 is 0 Å². The number of nitrogens with one attached hydrogen (secondary N) is 2. The average Bonchev–Trinajstić information content (AvgIpc) is 2.77. The molecule has 0 aromatic carbocycles. The van der Waals surface area contributed by atoms with E-state index in [1.165, 1.54) is 0 Å². The minimum absolute atomic E-state index is 0.108. The predicted octanol–water partition coefficient (Wildman–Crippen LogP) is 1.45. The first kappa shape index (κ1) is 13.8. The molecule has 2 fully saturated rings. The first-order valence-corrected chi connectivity index (χ1v) is 7.13. The van der Waals surface area contributed by atoms with E-state index in [2.05, 4.69) is 31.4 Å². The summed E-state index contributed by atoms with van der Waals surface area (Å²) in [7, 11) is 0. The second-order valence-corrected chi connectivity index (χ2v) is 6.33. The number of hydrogen-bond donors (Lipinski definition) is 2. The van der Waals surface area contributed by atoms with Crippen LogP contribution in [0.15, 0.2) is 0 Å². The molecule has 2 atom stereocenters. The fraction of sp³-hybridized carbons (Fsp3) is 0.929. The van der Waals surface area contributed by atoms with E-state index < -0.39 is 0 Å². The Morgan fingerprint density at radius 2 is 2.28 bits per heavy atom. The maximum atomic E-state index is 12.5. The monoisotopic (exact) mass is 254 g/mol. The van der Waals surface area contributed by atoms with Crippen LogP contribution in [0, 0.1) is 5.41 Å². The highest BCUT2D eigenvalue weighted by Gasteiger charge is 2.41. The van der Waals surface area contributed by atoms with Crippen molar-refractivity contribution in [3.05, 3.63) is 0 Å². The standard InChI is InChI=1S/C14H26N2O2/c1-4-14(6-7-15-10-14)12(17)16-11-5-8-18-13(2,3)9-11/h11,15H,4-10H2,1-3H3,(H,16,17). The maximum Gasteiger partial charge on any atom is 0.227 e. The molecule has 2 saturated heterocycles. The van der Waals surface area contributed by atoms with Gasteiger partial charge in [0.1, 0.15) is 0 Å². The molecule has 1 amide bonds. The molecule has 4 heteroatoms. The Bertz CT molecular complexity index is 309. The molecule has 104 valence electrons. The SMILES string of the molecule is CCC1(C(=O)NC2CCOC(C)(C)C2)CCNC1. The minimum Gasteiger partial charge on any atom is -0.375 e. The zero-order valence-corrected chi connectivity index (χ0v) is 11.8. The first-order chi connectivity index (χ1) is 8.47. The van der Waals surface area contributed by atoms with Crippen molar-refractivity contribution >= 4 is 5.91 Å². The fourth-order valence-electron chi connectivity index (χ4n) is 3.09. The number of carbonyl (C=O) groups is 1. The summed E-state index contributed by atoms with van der Waals surface area (Å²) in [5.41, 5.74) is -0.286. The molecular formula is C14H26N2O2. The summed E-state index contributed by atoms with van der Waals surface area (Å²) in [6.45, 7) is 8.83. The van der Waals surface area contributed by atoms with Gasteiger partial charge in [0.15, 0.2) is 0 Å².